The Kier molecular flexibility index (Phi) is 4.18. The molecule has 0 saturated heterocycles. The lowest BCUT2D eigenvalue weighted by Crippen LogP contribution is -2.40. The van der Waals surface area contributed by atoms with E-state index >= 15 is 0 Å². The fourth-order valence-corrected chi connectivity index (χ4v) is 3.39. The molecule has 0 amide bonds. The van der Waals surface area contributed by atoms with Crippen molar-refractivity contribution in [3.8, 4) is 5.75 Å². The molecule has 0 unspecified atom stereocenters. The van der Waals surface area contributed by atoms with Crippen LogP contribution in [0.15, 0.2) is 12.1 Å². The first-order valence-electron chi connectivity index (χ1n) is 6.58. The molecule has 0 bridgehead atoms. The predicted molar refractivity (Wildman–Crippen MR) is 76.7 cm³/mol. The minimum atomic E-state index is 0.402. The normalized spacial score (nSPS) is 17.3. The first-order chi connectivity index (χ1) is 8.60. The van der Waals surface area contributed by atoms with Crippen molar-refractivity contribution in [2.45, 2.75) is 32.6 Å². The van der Waals surface area contributed by atoms with Gasteiger partial charge in [-0.3, -0.25) is 0 Å². The van der Waals surface area contributed by atoms with Crippen molar-refractivity contribution in [2.24, 2.45) is 5.41 Å². The van der Waals surface area contributed by atoms with Crippen LogP contribution < -0.4 is 10.1 Å². The number of ether oxygens (including phenoxy) is 1. The van der Waals surface area contributed by atoms with Gasteiger partial charge in [0.1, 0.15) is 5.75 Å². The SMILES string of the molecule is CNCC1(Cc2cc(Cl)cc(C)c2OC)CCC1. The predicted octanol–water partition coefficient (Wildman–Crippen LogP) is 3.59. The van der Waals surface area contributed by atoms with E-state index in [1.54, 1.807) is 7.11 Å². The van der Waals surface area contributed by atoms with Crippen LogP contribution in [-0.2, 0) is 6.42 Å². The molecule has 2 rings (SSSR count). The number of methoxy groups -OCH3 is 1. The van der Waals surface area contributed by atoms with Gasteiger partial charge in [-0.1, -0.05) is 18.0 Å². The lowest BCUT2D eigenvalue weighted by Gasteiger charge is -2.42. The lowest BCUT2D eigenvalue weighted by molar-refractivity contribution is 0.132. The van der Waals surface area contributed by atoms with E-state index in [0.717, 1.165) is 29.3 Å². The van der Waals surface area contributed by atoms with E-state index in [4.69, 9.17) is 16.3 Å². The highest BCUT2D eigenvalue weighted by Crippen LogP contribution is 2.45. The van der Waals surface area contributed by atoms with E-state index in [2.05, 4.69) is 18.3 Å². The Hall–Kier alpha value is -0.730. The zero-order chi connectivity index (χ0) is 13.2. The fraction of sp³-hybridized carbons (Fsp3) is 0.600. The van der Waals surface area contributed by atoms with Crippen molar-refractivity contribution >= 4 is 11.6 Å². The summed E-state index contributed by atoms with van der Waals surface area (Å²) in [6.07, 6.45) is 4.98. The molecule has 0 atom stereocenters. The Bertz CT molecular complexity index is 427. The van der Waals surface area contributed by atoms with Gasteiger partial charge in [0, 0.05) is 11.6 Å². The number of halogens is 1. The van der Waals surface area contributed by atoms with Gasteiger partial charge in [0.2, 0.25) is 0 Å². The molecular formula is C15H22ClNO. The smallest absolute Gasteiger partial charge is 0.125 e. The van der Waals surface area contributed by atoms with Crippen LogP contribution in [-0.4, -0.2) is 20.7 Å². The average Bonchev–Trinajstić information content (AvgIpc) is 2.25. The van der Waals surface area contributed by atoms with Crippen LogP contribution in [0.1, 0.15) is 30.4 Å². The molecule has 3 heteroatoms. The largest absolute Gasteiger partial charge is 0.496 e. The molecule has 0 heterocycles. The third-order valence-electron chi connectivity index (χ3n) is 4.05. The summed E-state index contributed by atoms with van der Waals surface area (Å²) in [5.74, 6) is 1.00. The second kappa shape index (κ2) is 5.50. The van der Waals surface area contributed by atoms with E-state index in [0.29, 0.717) is 5.41 Å². The van der Waals surface area contributed by atoms with Crippen LogP contribution in [0, 0.1) is 12.3 Å². The quantitative estimate of drug-likeness (QED) is 0.880. The molecule has 1 fully saturated rings. The summed E-state index contributed by atoms with van der Waals surface area (Å²) >= 11 is 6.18. The van der Waals surface area contributed by atoms with Gasteiger partial charge >= 0.3 is 0 Å². The summed E-state index contributed by atoms with van der Waals surface area (Å²) < 4.78 is 5.54. The molecule has 1 saturated carbocycles. The van der Waals surface area contributed by atoms with Gasteiger partial charge in [-0.05, 0) is 61.9 Å². The van der Waals surface area contributed by atoms with Crippen molar-refractivity contribution in [1.29, 1.82) is 0 Å². The molecule has 1 aromatic rings. The highest BCUT2D eigenvalue weighted by molar-refractivity contribution is 6.30. The molecule has 0 aliphatic heterocycles. The Labute approximate surface area is 115 Å². The summed E-state index contributed by atoms with van der Waals surface area (Å²) in [6.45, 7) is 3.13. The van der Waals surface area contributed by atoms with Crippen molar-refractivity contribution in [2.75, 3.05) is 20.7 Å². The first kappa shape index (κ1) is 13.7. The third-order valence-corrected chi connectivity index (χ3v) is 4.27. The number of benzene rings is 1. The Balaban J connectivity index is 2.27. The van der Waals surface area contributed by atoms with Gasteiger partial charge < -0.3 is 10.1 Å². The first-order valence-corrected chi connectivity index (χ1v) is 6.96. The van der Waals surface area contributed by atoms with Gasteiger partial charge in [-0.25, -0.2) is 0 Å². The molecule has 1 aliphatic rings. The van der Waals surface area contributed by atoms with Crippen molar-refractivity contribution in [3.05, 3.63) is 28.3 Å². The molecule has 1 aliphatic carbocycles. The molecule has 2 nitrogen and oxygen atoms in total. The third kappa shape index (κ3) is 2.65. The highest BCUT2D eigenvalue weighted by atomic mass is 35.5. The second-order valence-corrected chi connectivity index (χ2v) is 5.91. The van der Waals surface area contributed by atoms with Crippen LogP contribution in [0.4, 0.5) is 0 Å². The number of nitrogens with one attached hydrogen (secondary N) is 1. The van der Waals surface area contributed by atoms with Crippen molar-refractivity contribution in [3.63, 3.8) is 0 Å². The summed E-state index contributed by atoms with van der Waals surface area (Å²) in [6, 6.07) is 4.03. The van der Waals surface area contributed by atoms with E-state index in [-0.39, 0.29) is 0 Å². The number of rotatable bonds is 5. The van der Waals surface area contributed by atoms with Gasteiger partial charge in [0.05, 0.1) is 7.11 Å². The van der Waals surface area contributed by atoms with E-state index in [1.165, 1.54) is 24.8 Å². The number of hydrogen-bond acceptors (Lipinski definition) is 2. The summed E-state index contributed by atoms with van der Waals surface area (Å²) in [5.41, 5.74) is 2.77. The summed E-state index contributed by atoms with van der Waals surface area (Å²) in [5, 5.41) is 4.13. The maximum absolute atomic E-state index is 6.18. The monoisotopic (exact) mass is 267 g/mol. The van der Waals surface area contributed by atoms with Gasteiger partial charge in [-0.15, -0.1) is 0 Å². The topological polar surface area (TPSA) is 21.3 Å². The van der Waals surface area contributed by atoms with Crippen LogP contribution in [0.5, 0.6) is 5.75 Å². The van der Waals surface area contributed by atoms with Crippen LogP contribution >= 0.6 is 11.6 Å². The van der Waals surface area contributed by atoms with E-state index in [1.807, 2.05) is 13.1 Å². The summed E-state index contributed by atoms with van der Waals surface area (Å²) in [7, 11) is 3.77. The molecule has 0 aromatic heterocycles. The molecule has 18 heavy (non-hydrogen) atoms. The van der Waals surface area contributed by atoms with Crippen LogP contribution in [0.25, 0.3) is 0 Å². The van der Waals surface area contributed by atoms with E-state index < -0.39 is 0 Å². The Morgan fingerprint density at radius 1 is 1.39 bits per heavy atom. The second-order valence-electron chi connectivity index (χ2n) is 5.48. The Morgan fingerprint density at radius 3 is 2.61 bits per heavy atom. The minimum absolute atomic E-state index is 0.402. The summed E-state index contributed by atoms with van der Waals surface area (Å²) in [4.78, 5) is 0. The molecule has 0 spiro atoms. The molecule has 0 radical (unpaired) electrons. The maximum Gasteiger partial charge on any atom is 0.125 e. The van der Waals surface area contributed by atoms with Crippen LogP contribution in [0.3, 0.4) is 0 Å². The molecule has 1 N–H and O–H groups in total. The Morgan fingerprint density at radius 2 is 2.11 bits per heavy atom. The van der Waals surface area contributed by atoms with E-state index in [9.17, 15) is 0 Å². The molecule has 1 aromatic carbocycles. The molecular weight excluding hydrogens is 246 g/mol. The van der Waals surface area contributed by atoms with Crippen molar-refractivity contribution in [1.82, 2.24) is 5.32 Å². The van der Waals surface area contributed by atoms with Crippen LogP contribution in [0.2, 0.25) is 5.02 Å². The number of hydrogen-bond donors (Lipinski definition) is 1. The zero-order valence-electron chi connectivity index (χ0n) is 11.5. The average molecular weight is 268 g/mol. The van der Waals surface area contributed by atoms with Crippen molar-refractivity contribution < 1.29 is 4.74 Å². The maximum atomic E-state index is 6.18. The lowest BCUT2D eigenvalue weighted by atomic mass is 9.65. The van der Waals surface area contributed by atoms with Gasteiger partial charge in [0.15, 0.2) is 0 Å². The highest BCUT2D eigenvalue weighted by Gasteiger charge is 2.37. The molecule has 100 valence electrons. The standard InChI is InChI=1S/C15H22ClNO/c1-11-7-13(16)8-12(14(11)18-3)9-15(10-17-2)5-4-6-15/h7-8,17H,4-6,9-10H2,1-3H3. The van der Waals surface area contributed by atoms with Gasteiger partial charge in [-0.2, -0.15) is 0 Å². The minimum Gasteiger partial charge on any atom is -0.496 e. The zero-order valence-corrected chi connectivity index (χ0v) is 12.2. The number of aryl methyl sites for hydroxylation is 1. The fourth-order valence-electron chi connectivity index (χ4n) is 3.09. The van der Waals surface area contributed by atoms with Gasteiger partial charge in [0.25, 0.3) is 0 Å².